The molecule has 1 saturated carbocycles. The molecule has 0 aromatic rings. The van der Waals surface area contributed by atoms with Gasteiger partial charge in [-0.1, -0.05) is 0 Å². The van der Waals surface area contributed by atoms with Crippen LogP contribution in [0.1, 0.15) is 19.3 Å². The van der Waals surface area contributed by atoms with E-state index in [4.69, 9.17) is 6.42 Å². The summed E-state index contributed by atoms with van der Waals surface area (Å²) in [4.78, 5) is 0. The summed E-state index contributed by atoms with van der Waals surface area (Å²) in [6, 6.07) is 0. The second-order valence-corrected chi connectivity index (χ2v) is 2.66. The van der Waals surface area contributed by atoms with Crippen LogP contribution < -0.4 is 0 Å². The topological polar surface area (TPSA) is 0 Å². The molecule has 0 bridgehead atoms. The van der Waals surface area contributed by atoms with Crippen molar-refractivity contribution in [2.75, 3.05) is 0 Å². The van der Waals surface area contributed by atoms with Gasteiger partial charge in [0.1, 0.15) is 12.3 Å². The van der Waals surface area contributed by atoms with Crippen LogP contribution in [0.4, 0.5) is 8.78 Å². The lowest BCUT2D eigenvalue weighted by Gasteiger charge is -2.24. The van der Waals surface area contributed by atoms with Gasteiger partial charge in [-0.3, -0.25) is 0 Å². The van der Waals surface area contributed by atoms with Gasteiger partial charge < -0.3 is 0 Å². The number of terminal acetylenes is 1. The lowest BCUT2D eigenvalue weighted by molar-refractivity contribution is 0.0908. The Balaban J connectivity index is 2.53. The van der Waals surface area contributed by atoms with E-state index in [1.807, 2.05) is 0 Å². The number of hydrogen-bond acceptors (Lipinski definition) is 0. The first-order chi connectivity index (χ1) is 4.75. The van der Waals surface area contributed by atoms with Crippen molar-refractivity contribution >= 4 is 0 Å². The molecule has 0 N–H and O–H groups in total. The molecule has 3 atom stereocenters. The van der Waals surface area contributed by atoms with Crippen LogP contribution in [0, 0.1) is 18.3 Å². The predicted molar refractivity (Wildman–Crippen MR) is 36.0 cm³/mol. The zero-order valence-corrected chi connectivity index (χ0v) is 5.69. The van der Waals surface area contributed by atoms with Crippen molar-refractivity contribution in [3.63, 3.8) is 0 Å². The van der Waals surface area contributed by atoms with Gasteiger partial charge >= 0.3 is 0 Å². The number of rotatable bonds is 0. The fraction of sp³-hybridized carbons (Fsp3) is 0.750. The van der Waals surface area contributed by atoms with Crippen molar-refractivity contribution in [3.05, 3.63) is 0 Å². The van der Waals surface area contributed by atoms with E-state index in [9.17, 15) is 8.78 Å². The molecule has 0 spiro atoms. The molecule has 3 unspecified atom stereocenters. The van der Waals surface area contributed by atoms with Gasteiger partial charge in [0.05, 0.1) is 5.92 Å². The lowest BCUT2D eigenvalue weighted by atomic mass is 9.87. The van der Waals surface area contributed by atoms with Crippen molar-refractivity contribution in [1.82, 2.24) is 0 Å². The molecule has 0 radical (unpaired) electrons. The maximum Gasteiger partial charge on any atom is 0.145 e. The van der Waals surface area contributed by atoms with E-state index in [1.54, 1.807) is 0 Å². The molecule has 0 nitrogen and oxygen atoms in total. The smallest absolute Gasteiger partial charge is 0.145 e. The zero-order chi connectivity index (χ0) is 7.56. The second kappa shape index (κ2) is 3.01. The van der Waals surface area contributed by atoms with Crippen molar-refractivity contribution in [2.24, 2.45) is 5.92 Å². The molecular weight excluding hydrogens is 134 g/mol. The molecule has 0 aromatic heterocycles. The Morgan fingerprint density at radius 2 is 2.00 bits per heavy atom. The van der Waals surface area contributed by atoms with Gasteiger partial charge in [-0.2, -0.15) is 0 Å². The maximum atomic E-state index is 12.7. The number of halogens is 2. The summed E-state index contributed by atoms with van der Waals surface area (Å²) < 4.78 is 25.3. The Labute approximate surface area is 59.6 Å². The highest BCUT2D eigenvalue weighted by molar-refractivity contribution is 5.00. The molecule has 56 valence electrons. The first-order valence-corrected chi connectivity index (χ1v) is 3.50. The quantitative estimate of drug-likeness (QED) is 0.457. The van der Waals surface area contributed by atoms with Gasteiger partial charge in [0.25, 0.3) is 0 Å². The van der Waals surface area contributed by atoms with Gasteiger partial charge in [0, 0.05) is 0 Å². The van der Waals surface area contributed by atoms with Crippen LogP contribution in [0.25, 0.3) is 0 Å². The summed E-state index contributed by atoms with van der Waals surface area (Å²) in [6.45, 7) is 0. The van der Waals surface area contributed by atoms with Crippen LogP contribution >= 0.6 is 0 Å². The Bertz CT molecular complexity index is 148. The lowest BCUT2D eigenvalue weighted by Crippen LogP contribution is -2.30. The Kier molecular flexibility index (Phi) is 2.26. The minimum Gasteiger partial charge on any atom is -0.244 e. The normalized spacial score (nSPS) is 40.7. The molecule has 0 saturated heterocycles. The van der Waals surface area contributed by atoms with E-state index in [0.29, 0.717) is 12.8 Å². The van der Waals surface area contributed by atoms with Crippen LogP contribution in [-0.2, 0) is 0 Å². The fourth-order valence-electron chi connectivity index (χ4n) is 1.28. The molecule has 0 amide bonds. The van der Waals surface area contributed by atoms with Crippen LogP contribution in [0.3, 0.4) is 0 Å². The predicted octanol–water partition coefficient (Wildman–Crippen LogP) is 2.10. The number of alkyl halides is 2. The van der Waals surface area contributed by atoms with Crippen molar-refractivity contribution in [1.29, 1.82) is 0 Å². The molecule has 2 heteroatoms. The van der Waals surface area contributed by atoms with Gasteiger partial charge in [0.2, 0.25) is 0 Å². The highest BCUT2D eigenvalue weighted by atomic mass is 19.2. The Hall–Kier alpha value is -0.580. The summed E-state index contributed by atoms with van der Waals surface area (Å²) in [7, 11) is 0. The molecule has 0 heterocycles. The maximum absolute atomic E-state index is 12.7. The second-order valence-electron chi connectivity index (χ2n) is 2.66. The molecular formula is C8H10F2. The summed E-state index contributed by atoms with van der Waals surface area (Å²) in [5.74, 6) is 1.79. The summed E-state index contributed by atoms with van der Waals surface area (Å²) in [6.07, 6.45) is 3.95. The molecule has 0 aliphatic heterocycles. The first-order valence-electron chi connectivity index (χ1n) is 3.50. The Morgan fingerprint density at radius 3 is 2.50 bits per heavy atom. The van der Waals surface area contributed by atoms with Gasteiger partial charge in [-0.05, 0) is 19.3 Å². The third-order valence-electron chi connectivity index (χ3n) is 1.94. The van der Waals surface area contributed by atoms with Crippen LogP contribution in [0.15, 0.2) is 0 Å². The van der Waals surface area contributed by atoms with Gasteiger partial charge in [-0.15, -0.1) is 12.3 Å². The minimum absolute atomic E-state index is 0.333. The zero-order valence-electron chi connectivity index (χ0n) is 5.69. The molecule has 0 aromatic carbocycles. The third-order valence-corrected chi connectivity index (χ3v) is 1.94. The van der Waals surface area contributed by atoms with E-state index < -0.39 is 18.3 Å². The molecule has 1 fully saturated rings. The minimum atomic E-state index is -1.42. The van der Waals surface area contributed by atoms with Crippen molar-refractivity contribution < 1.29 is 8.78 Å². The van der Waals surface area contributed by atoms with Crippen molar-refractivity contribution in [3.8, 4) is 12.3 Å². The average molecular weight is 144 g/mol. The third kappa shape index (κ3) is 1.29. The first kappa shape index (κ1) is 7.53. The van der Waals surface area contributed by atoms with E-state index in [-0.39, 0.29) is 0 Å². The standard InChI is InChI=1S/C8H10F2/c1-2-6-4-3-5-7(9)8(6)10/h1,6-8H,3-5H2. The van der Waals surface area contributed by atoms with Gasteiger partial charge in [-0.25, -0.2) is 8.78 Å². The molecule has 1 aliphatic carbocycles. The Morgan fingerprint density at radius 1 is 1.30 bits per heavy atom. The summed E-state index contributed by atoms with van der Waals surface area (Å²) >= 11 is 0. The van der Waals surface area contributed by atoms with E-state index >= 15 is 0 Å². The molecule has 1 aliphatic rings. The highest BCUT2D eigenvalue weighted by Gasteiger charge is 2.31. The van der Waals surface area contributed by atoms with Crippen LogP contribution in [-0.4, -0.2) is 12.3 Å². The summed E-state index contributed by atoms with van der Waals surface area (Å²) in [5, 5.41) is 0. The summed E-state index contributed by atoms with van der Waals surface area (Å²) in [5.41, 5.74) is 0. The SMILES string of the molecule is C#CC1CCCC(F)C1F. The molecule has 1 rings (SSSR count). The van der Waals surface area contributed by atoms with Crippen LogP contribution in [0.5, 0.6) is 0 Å². The monoisotopic (exact) mass is 144 g/mol. The van der Waals surface area contributed by atoms with Crippen molar-refractivity contribution in [2.45, 2.75) is 31.6 Å². The fourth-order valence-corrected chi connectivity index (χ4v) is 1.28. The largest absolute Gasteiger partial charge is 0.244 e. The molecule has 10 heavy (non-hydrogen) atoms. The van der Waals surface area contributed by atoms with E-state index in [2.05, 4.69) is 5.92 Å². The average Bonchev–Trinajstić information content (AvgIpc) is 1.95. The number of hydrogen-bond donors (Lipinski definition) is 0. The van der Waals surface area contributed by atoms with E-state index in [0.717, 1.165) is 6.42 Å². The van der Waals surface area contributed by atoms with E-state index in [1.165, 1.54) is 0 Å². The highest BCUT2D eigenvalue weighted by Crippen LogP contribution is 2.28. The van der Waals surface area contributed by atoms with Gasteiger partial charge in [0.15, 0.2) is 0 Å². The van der Waals surface area contributed by atoms with Crippen LogP contribution in [0.2, 0.25) is 0 Å².